The van der Waals surface area contributed by atoms with Crippen LogP contribution in [-0.2, 0) is 4.74 Å². The lowest BCUT2D eigenvalue weighted by Gasteiger charge is -2.32. The Labute approximate surface area is 171 Å². The molecule has 1 aliphatic heterocycles. The van der Waals surface area contributed by atoms with Gasteiger partial charge >= 0.3 is 12.1 Å². The average molecular weight is 399 g/mol. The highest BCUT2D eigenvalue weighted by molar-refractivity contribution is 5.89. The second kappa shape index (κ2) is 7.89. The Morgan fingerprint density at radius 3 is 2.45 bits per heavy atom. The molecule has 0 aliphatic carbocycles. The number of rotatable bonds is 3. The summed E-state index contributed by atoms with van der Waals surface area (Å²) in [5, 5.41) is 9.30. The van der Waals surface area contributed by atoms with Crippen LogP contribution in [0.3, 0.4) is 0 Å². The number of likely N-dealkylation sites (tertiary alicyclic amines) is 1. The van der Waals surface area contributed by atoms with Gasteiger partial charge in [-0.2, -0.15) is 0 Å². The van der Waals surface area contributed by atoms with E-state index in [9.17, 15) is 14.7 Å². The van der Waals surface area contributed by atoms with Gasteiger partial charge in [-0.15, -0.1) is 0 Å². The molecule has 7 heteroatoms. The van der Waals surface area contributed by atoms with Gasteiger partial charge in [-0.3, -0.25) is 0 Å². The van der Waals surface area contributed by atoms with Crippen LogP contribution in [0.25, 0.3) is 11.3 Å². The van der Waals surface area contributed by atoms with Crippen molar-refractivity contribution < 1.29 is 19.4 Å². The van der Waals surface area contributed by atoms with Gasteiger partial charge in [-0.1, -0.05) is 6.07 Å². The molecule has 0 atom stereocenters. The number of carboxylic acid groups (broad SMARTS) is 1. The summed E-state index contributed by atoms with van der Waals surface area (Å²) in [5.41, 5.74) is 3.31. The van der Waals surface area contributed by atoms with Crippen LogP contribution in [0.4, 0.5) is 4.79 Å². The number of imidazole rings is 1. The fourth-order valence-electron chi connectivity index (χ4n) is 3.62. The van der Waals surface area contributed by atoms with Crippen LogP contribution in [-0.4, -0.2) is 50.7 Å². The Morgan fingerprint density at radius 2 is 1.86 bits per heavy atom. The van der Waals surface area contributed by atoms with Crippen molar-refractivity contribution in [2.75, 3.05) is 13.1 Å². The third-order valence-corrected chi connectivity index (χ3v) is 5.19. The van der Waals surface area contributed by atoms with E-state index in [0.29, 0.717) is 13.1 Å². The minimum atomic E-state index is -0.946. The van der Waals surface area contributed by atoms with E-state index >= 15 is 0 Å². The Bertz CT molecular complexity index is 919. The summed E-state index contributed by atoms with van der Waals surface area (Å²) in [4.78, 5) is 33.5. The van der Waals surface area contributed by atoms with Crippen LogP contribution < -0.4 is 0 Å². The zero-order chi connectivity index (χ0) is 21.3. The number of carbonyl (C=O) groups is 2. The second-order valence-corrected chi connectivity index (χ2v) is 8.66. The summed E-state index contributed by atoms with van der Waals surface area (Å²) in [6.45, 7) is 10.7. The largest absolute Gasteiger partial charge is 0.478 e. The molecule has 1 saturated heterocycles. The molecule has 3 rings (SSSR count). The topological polar surface area (TPSA) is 95.5 Å². The van der Waals surface area contributed by atoms with E-state index in [-0.39, 0.29) is 17.6 Å². The van der Waals surface area contributed by atoms with E-state index in [0.717, 1.165) is 41.2 Å². The van der Waals surface area contributed by atoms with E-state index in [1.54, 1.807) is 17.0 Å². The van der Waals surface area contributed by atoms with E-state index in [4.69, 9.17) is 9.72 Å². The number of hydrogen-bond donors (Lipinski definition) is 2. The molecular formula is C22H29N3O4. The summed E-state index contributed by atoms with van der Waals surface area (Å²) in [7, 11) is 0. The van der Waals surface area contributed by atoms with Crippen LogP contribution in [0.2, 0.25) is 0 Å². The number of aryl methyl sites for hydroxylation is 2. The maximum absolute atomic E-state index is 12.3. The van der Waals surface area contributed by atoms with Gasteiger partial charge in [0.25, 0.3) is 0 Å². The zero-order valence-electron chi connectivity index (χ0n) is 17.7. The minimum Gasteiger partial charge on any atom is -0.478 e. The van der Waals surface area contributed by atoms with Gasteiger partial charge in [0.2, 0.25) is 0 Å². The van der Waals surface area contributed by atoms with Crippen molar-refractivity contribution in [1.29, 1.82) is 0 Å². The Hall–Kier alpha value is -2.83. The van der Waals surface area contributed by atoms with Gasteiger partial charge in [0.15, 0.2) is 0 Å². The summed E-state index contributed by atoms with van der Waals surface area (Å²) in [5.74, 6) is 0.170. The SMILES string of the molecule is Cc1ccc(C(=O)O)cc1-c1[nH]c(C2CCN(C(=O)OC(C)(C)C)CC2)nc1C. The molecule has 0 radical (unpaired) electrons. The number of carboxylic acids is 1. The van der Waals surface area contributed by atoms with Crippen LogP contribution in [0.1, 0.15) is 67.0 Å². The van der Waals surface area contributed by atoms with Gasteiger partial charge in [0.05, 0.1) is 17.0 Å². The molecule has 0 saturated carbocycles. The van der Waals surface area contributed by atoms with Crippen molar-refractivity contribution in [2.45, 2.75) is 59.0 Å². The quantitative estimate of drug-likeness (QED) is 0.792. The van der Waals surface area contributed by atoms with Crippen molar-refractivity contribution in [3.8, 4) is 11.3 Å². The number of ether oxygens (including phenoxy) is 1. The summed E-state index contributed by atoms with van der Waals surface area (Å²) < 4.78 is 5.46. The molecule has 1 aromatic heterocycles. The molecule has 1 aromatic carbocycles. The molecule has 29 heavy (non-hydrogen) atoms. The van der Waals surface area contributed by atoms with Crippen LogP contribution in [0.15, 0.2) is 18.2 Å². The maximum atomic E-state index is 12.3. The molecular weight excluding hydrogens is 370 g/mol. The number of nitrogens with zero attached hydrogens (tertiary/aromatic N) is 2. The molecule has 1 aliphatic rings. The van der Waals surface area contributed by atoms with E-state index in [1.807, 2.05) is 40.7 Å². The van der Waals surface area contributed by atoms with Gasteiger partial charge in [-0.05, 0) is 65.2 Å². The van der Waals surface area contributed by atoms with E-state index < -0.39 is 11.6 Å². The first-order valence-corrected chi connectivity index (χ1v) is 9.94. The third kappa shape index (κ3) is 4.78. The van der Waals surface area contributed by atoms with Crippen LogP contribution >= 0.6 is 0 Å². The van der Waals surface area contributed by atoms with E-state index in [1.165, 1.54) is 0 Å². The third-order valence-electron chi connectivity index (χ3n) is 5.19. The first-order valence-electron chi connectivity index (χ1n) is 9.94. The second-order valence-electron chi connectivity index (χ2n) is 8.66. The molecule has 2 N–H and O–H groups in total. The number of benzene rings is 1. The molecule has 1 amide bonds. The number of nitrogens with one attached hydrogen (secondary N) is 1. The predicted molar refractivity (Wildman–Crippen MR) is 110 cm³/mol. The van der Waals surface area contributed by atoms with Crippen molar-refractivity contribution in [3.63, 3.8) is 0 Å². The lowest BCUT2D eigenvalue weighted by Crippen LogP contribution is -2.41. The first kappa shape index (κ1) is 20.9. The molecule has 7 nitrogen and oxygen atoms in total. The lowest BCUT2D eigenvalue weighted by molar-refractivity contribution is 0.0203. The molecule has 2 aromatic rings. The Morgan fingerprint density at radius 1 is 1.21 bits per heavy atom. The highest BCUT2D eigenvalue weighted by atomic mass is 16.6. The highest BCUT2D eigenvalue weighted by Gasteiger charge is 2.29. The number of aromatic amines is 1. The number of hydrogen-bond acceptors (Lipinski definition) is 4. The molecule has 2 heterocycles. The number of carbonyl (C=O) groups excluding carboxylic acids is 1. The normalized spacial score (nSPS) is 15.4. The smallest absolute Gasteiger partial charge is 0.410 e. The van der Waals surface area contributed by atoms with E-state index in [2.05, 4.69) is 4.98 Å². The minimum absolute atomic E-state index is 0.226. The van der Waals surface area contributed by atoms with Crippen molar-refractivity contribution >= 4 is 12.1 Å². The van der Waals surface area contributed by atoms with Crippen molar-refractivity contribution in [1.82, 2.24) is 14.9 Å². The summed E-state index contributed by atoms with van der Waals surface area (Å²) in [6, 6.07) is 5.12. The predicted octanol–water partition coefficient (Wildman–Crippen LogP) is 4.51. The molecule has 156 valence electrons. The fraction of sp³-hybridized carbons (Fsp3) is 0.500. The average Bonchev–Trinajstić information content (AvgIpc) is 3.02. The molecule has 0 unspecified atom stereocenters. The number of H-pyrrole nitrogens is 1. The summed E-state index contributed by atoms with van der Waals surface area (Å²) >= 11 is 0. The van der Waals surface area contributed by atoms with Crippen LogP contribution in [0, 0.1) is 13.8 Å². The maximum Gasteiger partial charge on any atom is 0.410 e. The molecule has 1 fully saturated rings. The van der Waals surface area contributed by atoms with Crippen LogP contribution in [0.5, 0.6) is 0 Å². The zero-order valence-corrected chi connectivity index (χ0v) is 17.7. The molecule has 0 spiro atoms. The van der Waals surface area contributed by atoms with Crippen molar-refractivity contribution in [2.24, 2.45) is 0 Å². The van der Waals surface area contributed by atoms with Gasteiger partial charge in [0.1, 0.15) is 11.4 Å². The van der Waals surface area contributed by atoms with Gasteiger partial charge < -0.3 is 19.7 Å². The van der Waals surface area contributed by atoms with Crippen molar-refractivity contribution in [3.05, 3.63) is 40.8 Å². The fourth-order valence-corrected chi connectivity index (χ4v) is 3.62. The Balaban J connectivity index is 1.75. The standard InChI is InChI=1S/C22H29N3O4/c1-13-6-7-16(20(26)27)12-17(13)18-14(2)23-19(24-18)15-8-10-25(11-9-15)21(28)29-22(3,4)5/h6-7,12,15H,8-11H2,1-5H3,(H,23,24)(H,26,27). The number of aromatic carboxylic acids is 1. The first-order chi connectivity index (χ1) is 13.5. The Kier molecular flexibility index (Phi) is 5.68. The number of aromatic nitrogens is 2. The summed E-state index contributed by atoms with van der Waals surface area (Å²) in [6.07, 6.45) is 1.34. The number of piperidine rings is 1. The van der Waals surface area contributed by atoms with Gasteiger partial charge in [-0.25, -0.2) is 14.6 Å². The molecule has 0 bridgehead atoms. The monoisotopic (exact) mass is 399 g/mol. The number of amides is 1. The highest BCUT2D eigenvalue weighted by Crippen LogP contribution is 2.32. The lowest BCUT2D eigenvalue weighted by atomic mass is 9.96. The van der Waals surface area contributed by atoms with Gasteiger partial charge in [0, 0.05) is 24.6 Å².